The molecule has 0 bridgehead atoms. The second-order valence-electron chi connectivity index (χ2n) is 9.03. The van der Waals surface area contributed by atoms with Crippen LogP contribution in [0.25, 0.3) is 11.0 Å². The zero-order chi connectivity index (χ0) is 25.5. The Morgan fingerprint density at radius 3 is 2.49 bits per heavy atom. The predicted octanol–water partition coefficient (Wildman–Crippen LogP) is 6.67. The lowest BCUT2D eigenvalue weighted by Crippen LogP contribution is -2.29. The highest BCUT2D eigenvalue weighted by Gasteiger charge is 2.43. The van der Waals surface area contributed by atoms with Crippen molar-refractivity contribution in [3.05, 3.63) is 134 Å². The van der Waals surface area contributed by atoms with Gasteiger partial charge >= 0.3 is 0 Å². The molecule has 184 valence electrons. The van der Waals surface area contributed by atoms with E-state index in [9.17, 15) is 9.59 Å². The summed E-state index contributed by atoms with van der Waals surface area (Å²) < 4.78 is 17.5. The van der Waals surface area contributed by atoms with Gasteiger partial charge in [0.2, 0.25) is 5.76 Å². The molecule has 1 aliphatic heterocycles. The molecule has 1 amide bonds. The van der Waals surface area contributed by atoms with Crippen LogP contribution in [-0.2, 0) is 13.2 Å². The van der Waals surface area contributed by atoms with Gasteiger partial charge in [0, 0.05) is 5.02 Å². The maximum absolute atomic E-state index is 13.7. The summed E-state index contributed by atoms with van der Waals surface area (Å²) in [6.45, 7) is 2.44. The van der Waals surface area contributed by atoms with Crippen LogP contribution >= 0.6 is 11.6 Å². The van der Waals surface area contributed by atoms with Crippen molar-refractivity contribution in [1.29, 1.82) is 0 Å². The van der Waals surface area contributed by atoms with E-state index in [1.54, 1.807) is 35.4 Å². The molecule has 0 saturated heterocycles. The van der Waals surface area contributed by atoms with Gasteiger partial charge in [-0.1, -0.05) is 54.1 Å². The zero-order valence-corrected chi connectivity index (χ0v) is 20.7. The number of benzene rings is 3. The van der Waals surface area contributed by atoms with E-state index in [4.69, 9.17) is 25.2 Å². The first-order valence-electron chi connectivity index (χ1n) is 11.9. The zero-order valence-electron chi connectivity index (χ0n) is 19.9. The van der Waals surface area contributed by atoms with Crippen LogP contribution in [0.4, 0.5) is 0 Å². The van der Waals surface area contributed by atoms with Crippen LogP contribution in [0.15, 0.2) is 98.8 Å². The SMILES string of the molecule is Cc1cc2oc3c(c(=O)c2cc1Cl)C(c1ccc(OCc2ccccc2)cc1)N(Cc1ccco1)C3=O. The van der Waals surface area contributed by atoms with E-state index in [0.717, 1.165) is 16.7 Å². The minimum atomic E-state index is -0.656. The highest BCUT2D eigenvalue weighted by atomic mass is 35.5. The highest BCUT2D eigenvalue weighted by molar-refractivity contribution is 6.32. The molecule has 6 rings (SSSR count). The number of fused-ring (bicyclic) bond motifs is 2. The second-order valence-corrected chi connectivity index (χ2v) is 9.44. The molecule has 3 aromatic carbocycles. The van der Waals surface area contributed by atoms with Crippen molar-refractivity contribution in [3.63, 3.8) is 0 Å². The van der Waals surface area contributed by atoms with Gasteiger partial charge in [-0.3, -0.25) is 9.59 Å². The van der Waals surface area contributed by atoms with E-state index in [-0.39, 0.29) is 23.6 Å². The Labute approximate surface area is 217 Å². The first kappa shape index (κ1) is 23.1. The fourth-order valence-corrected chi connectivity index (χ4v) is 4.87. The standard InChI is InChI=1S/C30H22ClNO5/c1-18-14-25-23(15-24(18)31)28(33)26-27(32(30(34)29(26)37-25)16-22-8-5-13-35-22)20-9-11-21(12-10-20)36-17-19-6-3-2-4-7-19/h2-15,27H,16-17H2,1H3. The van der Waals surface area contributed by atoms with Crippen LogP contribution in [-0.4, -0.2) is 10.8 Å². The summed E-state index contributed by atoms with van der Waals surface area (Å²) in [5.41, 5.74) is 2.94. The number of carbonyl (C=O) groups is 1. The summed E-state index contributed by atoms with van der Waals surface area (Å²) in [4.78, 5) is 28.9. The van der Waals surface area contributed by atoms with Crippen molar-refractivity contribution < 1.29 is 18.4 Å². The van der Waals surface area contributed by atoms with E-state index in [0.29, 0.717) is 39.7 Å². The first-order chi connectivity index (χ1) is 18.0. The Kier molecular flexibility index (Phi) is 5.81. The molecule has 5 aromatic rings. The number of amides is 1. The monoisotopic (exact) mass is 511 g/mol. The van der Waals surface area contributed by atoms with Crippen molar-refractivity contribution >= 4 is 28.5 Å². The molecule has 0 spiro atoms. The maximum Gasteiger partial charge on any atom is 0.291 e. The lowest BCUT2D eigenvalue weighted by atomic mass is 9.98. The number of halogens is 1. The number of rotatable bonds is 6. The van der Waals surface area contributed by atoms with Crippen LogP contribution in [0.2, 0.25) is 5.02 Å². The molecule has 7 heteroatoms. The summed E-state index contributed by atoms with van der Waals surface area (Å²) >= 11 is 6.32. The lowest BCUT2D eigenvalue weighted by molar-refractivity contribution is 0.0701. The fraction of sp³-hybridized carbons (Fsp3) is 0.133. The molecule has 2 aromatic heterocycles. The number of ether oxygens (including phenoxy) is 1. The van der Waals surface area contributed by atoms with Crippen LogP contribution in [0, 0.1) is 6.92 Å². The van der Waals surface area contributed by atoms with Gasteiger partial charge in [-0.25, -0.2) is 0 Å². The molecular formula is C30H22ClNO5. The van der Waals surface area contributed by atoms with E-state index in [2.05, 4.69) is 0 Å². The minimum absolute atomic E-state index is 0.0418. The Balaban J connectivity index is 1.41. The normalized spacial score (nSPS) is 14.8. The summed E-state index contributed by atoms with van der Waals surface area (Å²) in [6, 6.07) is 23.5. The van der Waals surface area contributed by atoms with Crippen molar-refractivity contribution in [2.45, 2.75) is 26.1 Å². The third kappa shape index (κ3) is 4.19. The minimum Gasteiger partial charge on any atom is -0.489 e. The summed E-state index contributed by atoms with van der Waals surface area (Å²) in [5, 5.41) is 0.808. The number of furan rings is 1. The maximum atomic E-state index is 13.7. The Bertz CT molecular complexity index is 1660. The van der Waals surface area contributed by atoms with E-state index < -0.39 is 6.04 Å². The van der Waals surface area contributed by atoms with E-state index in [1.165, 1.54) is 0 Å². The number of hydrogen-bond donors (Lipinski definition) is 0. The van der Waals surface area contributed by atoms with Crippen molar-refractivity contribution in [2.75, 3.05) is 0 Å². The van der Waals surface area contributed by atoms with Crippen LogP contribution in [0.1, 0.15) is 44.6 Å². The van der Waals surface area contributed by atoms with Gasteiger partial charge in [0.25, 0.3) is 5.91 Å². The Hall–Kier alpha value is -4.29. The lowest BCUT2D eigenvalue weighted by Gasteiger charge is -2.24. The van der Waals surface area contributed by atoms with Gasteiger partial charge in [0.15, 0.2) is 5.43 Å². The summed E-state index contributed by atoms with van der Waals surface area (Å²) in [7, 11) is 0. The Morgan fingerprint density at radius 1 is 0.973 bits per heavy atom. The van der Waals surface area contributed by atoms with Gasteiger partial charge in [-0.2, -0.15) is 0 Å². The number of carbonyl (C=O) groups excluding carboxylic acids is 1. The van der Waals surface area contributed by atoms with Crippen molar-refractivity contribution in [1.82, 2.24) is 4.90 Å². The van der Waals surface area contributed by atoms with Gasteiger partial charge < -0.3 is 18.5 Å². The number of hydrogen-bond acceptors (Lipinski definition) is 5. The van der Waals surface area contributed by atoms with Crippen LogP contribution in [0.3, 0.4) is 0 Å². The molecule has 6 nitrogen and oxygen atoms in total. The first-order valence-corrected chi connectivity index (χ1v) is 12.2. The molecular weight excluding hydrogens is 490 g/mol. The Morgan fingerprint density at radius 2 is 1.76 bits per heavy atom. The summed E-state index contributed by atoms with van der Waals surface area (Å²) in [6.07, 6.45) is 1.55. The predicted molar refractivity (Wildman–Crippen MR) is 140 cm³/mol. The molecule has 37 heavy (non-hydrogen) atoms. The number of aryl methyl sites for hydroxylation is 1. The van der Waals surface area contributed by atoms with Gasteiger partial charge in [-0.15, -0.1) is 0 Å². The smallest absolute Gasteiger partial charge is 0.291 e. The van der Waals surface area contributed by atoms with Crippen molar-refractivity contribution in [2.24, 2.45) is 0 Å². The summed E-state index contributed by atoms with van der Waals surface area (Å²) in [5.74, 6) is 0.958. The number of nitrogens with zero attached hydrogens (tertiary/aromatic N) is 1. The second kappa shape index (κ2) is 9.30. The molecule has 1 atom stereocenters. The van der Waals surface area contributed by atoms with E-state index in [1.807, 2.05) is 61.5 Å². The van der Waals surface area contributed by atoms with Gasteiger partial charge in [0.1, 0.15) is 23.7 Å². The molecule has 3 heterocycles. The average molecular weight is 512 g/mol. The van der Waals surface area contributed by atoms with Crippen LogP contribution in [0.5, 0.6) is 5.75 Å². The largest absolute Gasteiger partial charge is 0.489 e. The molecule has 1 unspecified atom stereocenters. The molecule has 0 N–H and O–H groups in total. The third-order valence-corrected chi connectivity index (χ3v) is 7.00. The topological polar surface area (TPSA) is 72.9 Å². The van der Waals surface area contributed by atoms with Crippen molar-refractivity contribution in [3.8, 4) is 5.75 Å². The molecule has 0 saturated carbocycles. The van der Waals surface area contributed by atoms with E-state index >= 15 is 0 Å². The van der Waals surface area contributed by atoms with Crippen LogP contribution < -0.4 is 10.2 Å². The van der Waals surface area contributed by atoms with Gasteiger partial charge in [-0.05, 0) is 60.0 Å². The van der Waals surface area contributed by atoms with Gasteiger partial charge in [0.05, 0.1) is 29.8 Å². The fourth-order valence-electron chi connectivity index (χ4n) is 4.71. The molecule has 0 radical (unpaired) electrons. The third-order valence-electron chi connectivity index (χ3n) is 6.60. The molecule has 0 aliphatic carbocycles. The highest BCUT2D eigenvalue weighted by Crippen LogP contribution is 2.40. The molecule has 1 aliphatic rings. The molecule has 0 fully saturated rings. The average Bonchev–Trinajstić information content (AvgIpc) is 3.52. The quantitative estimate of drug-likeness (QED) is 0.254.